The molecule has 0 saturated carbocycles. The monoisotopic (exact) mass is 228 g/mol. The van der Waals surface area contributed by atoms with Crippen molar-refractivity contribution in [2.75, 3.05) is 0 Å². The fourth-order valence-electron chi connectivity index (χ4n) is 1.96. The van der Waals surface area contributed by atoms with Crippen molar-refractivity contribution in [1.82, 2.24) is 5.43 Å². The number of nitrogens with one attached hydrogen (secondary N) is 1. The number of hydrogen-bond acceptors (Lipinski definition) is 2. The smallest absolute Gasteiger partial charge is 0.130 e. The lowest BCUT2D eigenvalue weighted by Gasteiger charge is -2.24. The zero-order valence-electron chi connectivity index (χ0n) is 9.63. The molecule has 0 aliphatic heterocycles. The van der Waals surface area contributed by atoms with Crippen LogP contribution < -0.4 is 11.3 Å². The number of benzene rings is 1. The Labute approximate surface area is 94.8 Å². The Bertz CT molecular complexity index is 322. The molecule has 2 atom stereocenters. The van der Waals surface area contributed by atoms with Gasteiger partial charge in [-0.25, -0.2) is 8.78 Å². The minimum Gasteiger partial charge on any atom is -0.271 e. The van der Waals surface area contributed by atoms with E-state index in [9.17, 15) is 8.78 Å². The normalized spacial score (nSPS) is 14.8. The predicted molar refractivity (Wildman–Crippen MR) is 60.5 cm³/mol. The van der Waals surface area contributed by atoms with Gasteiger partial charge in [-0.2, -0.15) is 0 Å². The molecule has 0 saturated heterocycles. The van der Waals surface area contributed by atoms with E-state index >= 15 is 0 Å². The maximum absolute atomic E-state index is 13.6. The minimum atomic E-state index is -0.550. The highest BCUT2D eigenvalue weighted by molar-refractivity contribution is 5.23. The first kappa shape index (κ1) is 13.1. The van der Waals surface area contributed by atoms with E-state index in [1.807, 2.05) is 13.8 Å². The maximum Gasteiger partial charge on any atom is 0.130 e. The third kappa shape index (κ3) is 2.77. The Morgan fingerprint density at radius 3 is 2.31 bits per heavy atom. The largest absolute Gasteiger partial charge is 0.271 e. The van der Waals surface area contributed by atoms with Crippen LogP contribution in [0.4, 0.5) is 8.78 Å². The van der Waals surface area contributed by atoms with Crippen LogP contribution in [-0.2, 0) is 0 Å². The quantitative estimate of drug-likeness (QED) is 0.600. The molecule has 0 aliphatic rings. The summed E-state index contributed by atoms with van der Waals surface area (Å²) >= 11 is 0. The number of halogens is 2. The molecule has 16 heavy (non-hydrogen) atoms. The highest BCUT2D eigenvalue weighted by Crippen LogP contribution is 2.28. The van der Waals surface area contributed by atoms with Gasteiger partial charge in [0.2, 0.25) is 0 Å². The van der Waals surface area contributed by atoms with Crippen LogP contribution in [0.1, 0.15) is 38.3 Å². The molecule has 0 radical (unpaired) electrons. The zero-order chi connectivity index (χ0) is 12.1. The summed E-state index contributed by atoms with van der Waals surface area (Å²) in [6, 6.07) is 3.37. The van der Waals surface area contributed by atoms with Crippen molar-refractivity contribution in [2.24, 2.45) is 11.8 Å². The van der Waals surface area contributed by atoms with Gasteiger partial charge in [0.25, 0.3) is 0 Å². The van der Waals surface area contributed by atoms with Crippen molar-refractivity contribution >= 4 is 0 Å². The lowest BCUT2D eigenvalue weighted by molar-refractivity contribution is 0.345. The van der Waals surface area contributed by atoms with Gasteiger partial charge in [0.05, 0.1) is 6.04 Å². The SMILES string of the molecule is CCCC(C)C(NN)c1c(F)cccc1F. The van der Waals surface area contributed by atoms with Gasteiger partial charge in [0, 0.05) is 5.56 Å². The Kier molecular flexibility index (Phi) is 4.83. The number of hydrazine groups is 1. The first-order valence-corrected chi connectivity index (χ1v) is 5.51. The molecule has 1 rings (SSSR count). The number of rotatable bonds is 5. The molecule has 0 aliphatic carbocycles. The topological polar surface area (TPSA) is 38.0 Å². The molecular formula is C12H18F2N2. The van der Waals surface area contributed by atoms with Gasteiger partial charge < -0.3 is 0 Å². The first-order valence-electron chi connectivity index (χ1n) is 5.51. The van der Waals surface area contributed by atoms with Gasteiger partial charge >= 0.3 is 0 Å². The van der Waals surface area contributed by atoms with Gasteiger partial charge in [0.15, 0.2) is 0 Å². The molecule has 0 bridgehead atoms. The second kappa shape index (κ2) is 5.92. The van der Waals surface area contributed by atoms with Crippen LogP contribution in [0.25, 0.3) is 0 Å². The van der Waals surface area contributed by atoms with E-state index in [0.717, 1.165) is 12.8 Å². The van der Waals surface area contributed by atoms with Crippen LogP contribution in [0.3, 0.4) is 0 Å². The summed E-state index contributed by atoms with van der Waals surface area (Å²) in [7, 11) is 0. The average molecular weight is 228 g/mol. The lowest BCUT2D eigenvalue weighted by Crippen LogP contribution is -2.33. The molecule has 0 aromatic heterocycles. The van der Waals surface area contributed by atoms with Crippen molar-refractivity contribution in [3.8, 4) is 0 Å². The van der Waals surface area contributed by atoms with E-state index in [4.69, 9.17) is 5.84 Å². The Hall–Kier alpha value is -1.00. The zero-order valence-corrected chi connectivity index (χ0v) is 9.63. The van der Waals surface area contributed by atoms with Crippen LogP contribution in [-0.4, -0.2) is 0 Å². The molecule has 0 heterocycles. The molecule has 1 aromatic rings. The summed E-state index contributed by atoms with van der Waals surface area (Å²) in [6.07, 6.45) is 1.82. The molecule has 3 N–H and O–H groups in total. The predicted octanol–water partition coefficient (Wildman–Crippen LogP) is 2.91. The molecule has 1 aromatic carbocycles. The van der Waals surface area contributed by atoms with Crippen LogP contribution in [0.15, 0.2) is 18.2 Å². The van der Waals surface area contributed by atoms with E-state index in [2.05, 4.69) is 5.43 Å². The van der Waals surface area contributed by atoms with Crippen LogP contribution >= 0.6 is 0 Å². The Balaban J connectivity index is 3.03. The molecule has 0 fully saturated rings. The van der Waals surface area contributed by atoms with Gasteiger partial charge in [0.1, 0.15) is 11.6 Å². The van der Waals surface area contributed by atoms with E-state index in [1.54, 1.807) is 0 Å². The fraction of sp³-hybridized carbons (Fsp3) is 0.500. The second-order valence-corrected chi connectivity index (χ2v) is 4.05. The summed E-state index contributed by atoms with van der Waals surface area (Å²) in [5, 5.41) is 0. The third-order valence-corrected chi connectivity index (χ3v) is 2.80. The summed E-state index contributed by atoms with van der Waals surface area (Å²) in [6.45, 7) is 3.96. The number of nitrogens with two attached hydrogens (primary N) is 1. The summed E-state index contributed by atoms with van der Waals surface area (Å²) in [5.74, 6) is 4.37. The van der Waals surface area contributed by atoms with Crippen LogP contribution in [0.2, 0.25) is 0 Å². The van der Waals surface area contributed by atoms with Gasteiger partial charge in [-0.1, -0.05) is 26.3 Å². The molecule has 0 spiro atoms. The molecule has 2 unspecified atom stereocenters. The molecular weight excluding hydrogens is 210 g/mol. The van der Waals surface area contributed by atoms with Crippen LogP contribution in [0, 0.1) is 17.6 Å². The Morgan fingerprint density at radius 2 is 1.88 bits per heavy atom. The average Bonchev–Trinajstić information content (AvgIpc) is 2.24. The molecule has 0 amide bonds. The molecule has 2 nitrogen and oxygen atoms in total. The minimum absolute atomic E-state index is 0.0333. The van der Waals surface area contributed by atoms with Crippen molar-refractivity contribution in [1.29, 1.82) is 0 Å². The standard InChI is InChI=1S/C12H18F2N2/c1-3-5-8(2)12(16-15)11-9(13)6-4-7-10(11)14/h4,6-8,12,16H,3,5,15H2,1-2H3. The molecule has 90 valence electrons. The molecule has 4 heteroatoms. The number of hydrogen-bond donors (Lipinski definition) is 2. The fourth-order valence-corrected chi connectivity index (χ4v) is 1.96. The maximum atomic E-state index is 13.6. The summed E-state index contributed by atoms with van der Waals surface area (Å²) < 4.78 is 27.1. The first-order chi connectivity index (χ1) is 7.61. The van der Waals surface area contributed by atoms with Crippen molar-refractivity contribution in [3.63, 3.8) is 0 Å². The van der Waals surface area contributed by atoms with Crippen molar-refractivity contribution in [2.45, 2.75) is 32.7 Å². The van der Waals surface area contributed by atoms with Gasteiger partial charge in [-0.15, -0.1) is 0 Å². The summed E-state index contributed by atoms with van der Waals surface area (Å²) in [5.41, 5.74) is 2.54. The Morgan fingerprint density at radius 1 is 1.31 bits per heavy atom. The van der Waals surface area contributed by atoms with Crippen molar-refractivity contribution < 1.29 is 8.78 Å². The third-order valence-electron chi connectivity index (χ3n) is 2.80. The van der Waals surface area contributed by atoms with E-state index in [1.165, 1.54) is 18.2 Å². The lowest BCUT2D eigenvalue weighted by atomic mass is 9.91. The van der Waals surface area contributed by atoms with E-state index in [0.29, 0.717) is 0 Å². The second-order valence-electron chi connectivity index (χ2n) is 4.05. The van der Waals surface area contributed by atoms with E-state index < -0.39 is 17.7 Å². The highest BCUT2D eigenvalue weighted by Gasteiger charge is 2.23. The van der Waals surface area contributed by atoms with E-state index in [-0.39, 0.29) is 11.5 Å². The van der Waals surface area contributed by atoms with Crippen LogP contribution in [0.5, 0.6) is 0 Å². The van der Waals surface area contributed by atoms with Gasteiger partial charge in [-0.3, -0.25) is 11.3 Å². The highest BCUT2D eigenvalue weighted by atomic mass is 19.1. The van der Waals surface area contributed by atoms with Gasteiger partial charge in [-0.05, 0) is 24.5 Å². The summed E-state index contributed by atoms with van der Waals surface area (Å²) in [4.78, 5) is 0. The van der Waals surface area contributed by atoms with Crippen molar-refractivity contribution in [3.05, 3.63) is 35.4 Å².